The SMILES string of the molecule is COc1ccc(Cn2c(=O)c(C(=O)N3CCN(C(=O)c4ccc(OC)cc4)CC3)nc3cccnc32)cc1. The molecule has 0 aliphatic carbocycles. The van der Waals surface area contributed by atoms with E-state index in [4.69, 9.17) is 9.47 Å². The number of nitrogens with zero attached hydrogens (tertiary/aromatic N) is 5. The molecule has 0 atom stereocenters. The number of hydrogen-bond donors (Lipinski definition) is 0. The molecule has 10 heteroatoms. The van der Waals surface area contributed by atoms with Gasteiger partial charge in [-0.2, -0.15) is 0 Å². The van der Waals surface area contributed by atoms with Crippen molar-refractivity contribution >= 4 is 23.0 Å². The minimum Gasteiger partial charge on any atom is -0.497 e. The van der Waals surface area contributed by atoms with E-state index in [9.17, 15) is 14.4 Å². The predicted molar refractivity (Wildman–Crippen MR) is 141 cm³/mol. The normalized spacial score (nSPS) is 13.4. The Bertz CT molecular complexity index is 1520. The van der Waals surface area contributed by atoms with Crippen molar-refractivity contribution in [1.82, 2.24) is 24.3 Å². The van der Waals surface area contributed by atoms with Gasteiger partial charge in [-0.3, -0.25) is 19.0 Å². The number of rotatable bonds is 6. The Morgan fingerprint density at radius 1 is 0.816 bits per heavy atom. The van der Waals surface area contributed by atoms with Gasteiger partial charge in [0.05, 0.1) is 20.8 Å². The summed E-state index contributed by atoms with van der Waals surface area (Å²) in [5.74, 6) is 0.810. The van der Waals surface area contributed by atoms with E-state index in [0.717, 1.165) is 5.56 Å². The molecule has 0 spiro atoms. The number of pyridine rings is 1. The van der Waals surface area contributed by atoms with Crippen molar-refractivity contribution in [3.05, 3.63) is 94.0 Å². The molecular formula is C28H27N5O5. The summed E-state index contributed by atoms with van der Waals surface area (Å²) in [5.41, 5.74) is 1.60. The fourth-order valence-electron chi connectivity index (χ4n) is 4.45. The summed E-state index contributed by atoms with van der Waals surface area (Å²) >= 11 is 0. The molecule has 38 heavy (non-hydrogen) atoms. The molecule has 0 unspecified atom stereocenters. The Morgan fingerprint density at radius 2 is 1.39 bits per heavy atom. The van der Waals surface area contributed by atoms with Crippen LogP contribution in [0.25, 0.3) is 11.2 Å². The summed E-state index contributed by atoms with van der Waals surface area (Å²) < 4.78 is 11.8. The Kier molecular flexibility index (Phi) is 7.03. The van der Waals surface area contributed by atoms with Gasteiger partial charge in [0.25, 0.3) is 17.4 Å². The van der Waals surface area contributed by atoms with E-state index < -0.39 is 11.5 Å². The first-order chi connectivity index (χ1) is 18.5. The Morgan fingerprint density at radius 3 is 2.00 bits per heavy atom. The first-order valence-corrected chi connectivity index (χ1v) is 12.2. The lowest BCUT2D eigenvalue weighted by atomic mass is 10.1. The second-order valence-electron chi connectivity index (χ2n) is 8.86. The third-order valence-electron chi connectivity index (χ3n) is 6.60. The predicted octanol–water partition coefficient (Wildman–Crippen LogP) is 2.46. The van der Waals surface area contributed by atoms with Crippen molar-refractivity contribution in [1.29, 1.82) is 0 Å². The maximum absolute atomic E-state index is 13.5. The van der Waals surface area contributed by atoms with Crippen molar-refractivity contribution in [2.24, 2.45) is 0 Å². The molecule has 1 aliphatic heterocycles. The van der Waals surface area contributed by atoms with Crippen LogP contribution in [-0.4, -0.2) is 76.5 Å². The third-order valence-corrected chi connectivity index (χ3v) is 6.60. The van der Waals surface area contributed by atoms with Crippen LogP contribution in [0, 0.1) is 0 Å². The van der Waals surface area contributed by atoms with Gasteiger partial charge in [-0.15, -0.1) is 0 Å². The van der Waals surface area contributed by atoms with Crippen LogP contribution in [0.4, 0.5) is 0 Å². The van der Waals surface area contributed by atoms with E-state index >= 15 is 0 Å². The smallest absolute Gasteiger partial charge is 0.284 e. The van der Waals surface area contributed by atoms with Crippen molar-refractivity contribution in [2.75, 3.05) is 40.4 Å². The van der Waals surface area contributed by atoms with Crippen LogP contribution in [-0.2, 0) is 6.54 Å². The second kappa shape index (κ2) is 10.7. The fourth-order valence-corrected chi connectivity index (χ4v) is 4.45. The van der Waals surface area contributed by atoms with Crippen LogP contribution >= 0.6 is 0 Å². The zero-order valence-electron chi connectivity index (χ0n) is 21.2. The zero-order chi connectivity index (χ0) is 26.6. The summed E-state index contributed by atoms with van der Waals surface area (Å²) in [4.78, 5) is 51.9. The van der Waals surface area contributed by atoms with Crippen molar-refractivity contribution in [3.63, 3.8) is 0 Å². The van der Waals surface area contributed by atoms with Crippen molar-refractivity contribution in [2.45, 2.75) is 6.54 Å². The van der Waals surface area contributed by atoms with Gasteiger partial charge in [-0.25, -0.2) is 9.97 Å². The number of amides is 2. The molecule has 0 N–H and O–H groups in total. The van der Waals surface area contributed by atoms with Gasteiger partial charge in [0.15, 0.2) is 11.3 Å². The Hall–Kier alpha value is -4.73. The van der Waals surface area contributed by atoms with E-state index in [2.05, 4.69) is 9.97 Å². The standard InChI is InChI=1S/C28H27N5O5/c1-37-21-9-5-19(6-10-21)18-33-25-23(4-3-13-29-25)30-24(28(33)36)27(35)32-16-14-31(15-17-32)26(34)20-7-11-22(38-2)12-8-20/h3-13H,14-18H2,1-2H3. The Balaban J connectivity index is 1.36. The molecule has 5 rings (SSSR count). The lowest BCUT2D eigenvalue weighted by Crippen LogP contribution is -2.51. The number of carbonyl (C=O) groups excluding carboxylic acids is 2. The van der Waals surface area contributed by atoms with Crippen LogP contribution in [0.5, 0.6) is 11.5 Å². The zero-order valence-corrected chi connectivity index (χ0v) is 21.2. The van der Waals surface area contributed by atoms with Gasteiger partial charge in [-0.1, -0.05) is 12.1 Å². The molecule has 2 aromatic carbocycles. The third kappa shape index (κ3) is 4.93. The summed E-state index contributed by atoms with van der Waals surface area (Å²) in [6, 6.07) is 17.7. The van der Waals surface area contributed by atoms with Crippen molar-refractivity contribution in [3.8, 4) is 11.5 Å². The number of hydrogen-bond acceptors (Lipinski definition) is 7. The molecule has 0 bridgehead atoms. The molecule has 194 valence electrons. The molecule has 0 saturated carbocycles. The molecule has 1 fully saturated rings. The highest BCUT2D eigenvalue weighted by molar-refractivity contribution is 5.95. The largest absolute Gasteiger partial charge is 0.497 e. The number of carbonyl (C=O) groups is 2. The molecular weight excluding hydrogens is 486 g/mol. The van der Waals surface area contributed by atoms with Crippen molar-refractivity contribution < 1.29 is 19.1 Å². The van der Waals surface area contributed by atoms with E-state index in [1.54, 1.807) is 66.6 Å². The van der Waals surface area contributed by atoms with E-state index in [1.807, 2.05) is 24.3 Å². The number of aromatic nitrogens is 3. The summed E-state index contributed by atoms with van der Waals surface area (Å²) in [6.45, 7) is 1.53. The molecule has 3 heterocycles. The van der Waals surface area contributed by atoms with Gasteiger partial charge in [0.1, 0.15) is 17.0 Å². The van der Waals surface area contributed by atoms with Crippen LogP contribution < -0.4 is 15.0 Å². The van der Waals surface area contributed by atoms with E-state index in [-0.39, 0.29) is 18.1 Å². The van der Waals surface area contributed by atoms with Crippen LogP contribution in [0.2, 0.25) is 0 Å². The maximum atomic E-state index is 13.5. The van der Waals surface area contributed by atoms with Gasteiger partial charge in [0.2, 0.25) is 0 Å². The van der Waals surface area contributed by atoms with Gasteiger partial charge >= 0.3 is 0 Å². The molecule has 2 aromatic heterocycles. The maximum Gasteiger partial charge on any atom is 0.284 e. The highest BCUT2D eigenvalue weighted by Crippen LogP contribution is 2.17. The average molecular weight is 514 g/mol. The minimum absolute atomic E-state index is 0.114. The molecule has 1 aliphatic rings. The molecule has 2 amide bonds. The van der Waals surface area contributed by atoms with Crippen LogP contribution in [0.1, 0.15) is 26.4 Å². The Labute approximate surface area is 219 Å². The molecule has 4 aromatic rings. The van der Waals surface area contributed by atoms with E-state index in [0.29, 0.717) is 54.4 Å². The lowest BCUT2D eigenvalue weighted by Gasteiger charge is -2.34. The van der Waals surface area contributed by atoms with Gasteiger partial charge in [-0.05, 0) is 54.1 Å². The summed E-state index contributed by atoms with van der Waals surface area (Å²) in [5, 5.41) is 0. The first-order valence-electron chi connectivity index (χ1n) is 12.2. The number of piperazine rings is 1. The van der Waals surface area contributed by atoms with Crippen LogP contribution in [0.3, 0.4) is 0 Å². The fraction of sp³-hybridized carbons (Fsp3) is 0.250. The highest BCUT2D eigenvalue weighted by Gasteiger charge is 2.29. The quantitative estimate of drug-likeness (QED) is 0.390. The minimum atomic E-state index is -0.506. The summed E-state index contributed by atoms with van der Waals surface area (Å²) in [6.07, 6.45) is 1.59. The number of fused-ring (bicyclic) bond motifs is 1. The monoisotopic (exact) mass is 513 g/mol. The second-order valence-corrected chi connectivity index (χ2v) is 8.86. The van der Waals surface area contributed by atoms with Gasteiger partial charge in [0, 0.05) is 37.9 Å². The molecule has 10 nitrogen and oxygen atoms in total. The van der Waals surface area contributed by atoms with Crippen LogP contribution in [0.15, 0.2) is 71.7 Å². The lowest BCUT2D eigenvalue weighted by molar-refractivity contribution is 0.0531. The molecule has 0 radical (unpaired) electrons. The number of benzene rings is 2. The summed E-state index contributed by atoms with van der Waals surface area (Å²) in [7, 11) is 3.16. The number of ether oxygens (including phenoxy) is 2. The van der Waals surface area contributed by atoms with Gasteiger partial charge < -0.3 is 19.3 Å². The van der Waals surface area contributed by atoms with E-state index in [1.165, 1.54) is 4.57 Å². The molecule has 1 saturated heterocycles. The highest BCUT2D eigenvalue weighted by atomic mass is 16.5. The number of methoxy groups -OCH3 is 2. The first kappa shape index (κ1) is 24.9. The average Bonchev–Trinajstić information content (AvgIpc) is 2.98. The topological polar surface area (TPSA) is 107 Å².